The second-order valence-electron chi connectivity index (χ2n) is 6.37. The first-order valence-corrected chi connectivity index (χ1v) is 8.41. The summed E-state index contributed by atoms with van der Waals surface area (Å²) in [6, 6.07) is 15.0. The van der Waals surface area contributed by atoms with Crippen molar-refractivity contribution < 1.29 is 19.0 Å². The number of benzene rings is 2. The highest BCUT2D eigenvalue weighted by molar-refractivity contribution is 5.82. The highest BCUT2D eigenvalue weighted by atomic mass is 16.6. The van der Waals surface area contributed by atoms with Gasteiger partial charge in [0.15, 0.2) is 11.5 Å². The van der Waals surface area contributed by atoms with Gasteiger partial charge in [0, 0.05) is 0 Å². The van der Waals surface area contributed by atoms with Gasteiger partial charge >= 0.3 is 0 Å². The molecule has 0 saturated heterocycles. The van der Waals surface area contributed by atoms with Crippen molar-refractivity contribution in [1.29, 1.82) is 0 Å². The molecule has 0 aliphatic carbocycles. The van der Waals surface area contributed by atoms with Crippen LogP contribution in [-0.2, 0) is 4.79 Å². The SMILES string of the molecule is COc1ccc([C@@H](NC(=O)[C@@H]2COc3ccccc3O2)C(C)C)cc1. The van der Waals surface area contributed by atoms with Crippen molar-refractivity contribution in [3.63, 3.8) is 0 Å². The number of hydrogen-bond donors (Lipinski definition) is 1. The van der Waals surface area contributed by atoms with Gasteiger partial charge in [0.1, 0.15) is 12.4 Å². The maximum Gasteiger partial charge on any atom is 0.265 e. The predicted octanol–water partition coefficient (Wildman–Crippen LogP) is 3.35. The highest BCUT2D eigenvalue weighted by Gasteiger charge is 2.30. The summed E-state index contributed by atoms with van der Waals surface area (Å²) in [5, 5.41) is 3.09. The van der Waals surface area contributed by atoms with Gasteiger partial charge in [-0.05, 0) is 35.7 Å². The van der Waals surface area contributed by atoms with Crippen LogP contribution in [0.15, 0.2) is 48.5 Å². The molecule has 1 aliphatic rings. The Morgan fingerprint density at radius 3 is 2.44 bits per heavy atom. The third kappa shape index (κ3) is 3.87. The monoisotopic (exact) mass is 341 g/mol. The molecule has 0 radical (unpaired) electrons. The lowest BCUT2D eigenvalue weighted by atomic mass is 9.95. The summed E-state index contributed by atoms with van der Waals surface area (Å²) < 4.78 is 16.6. The molecule has 132 valence electrons. The first-order chi connectivity index (χ1) is 12.1. The molecule has 0 aromatic heterocycles. The number of ether oxygens (including phenoxy) is 3. The van der Waals surface area contributed by atoms with Gasteiger partial charge < -0.3 is 19.5 Å². The zero-order valence-corrected chi connectivity index (χ0v) is 14.7. The van der Waals surface area contributed by atoms with Crippen LogP contribution in [0.2, 0.25) is 0 Å². The molecule has 0 unspecified atom stereocenters. The van der Waals surface area contributed by atoms with E-state index in [1.807, 2.05) is 42.5 Å². The predicted molar refractivity (Wildman–Crippen MR) is 95.1 cm³/mol. The average molecular weight is 341 g/mol. The topological polar surface area (TPSA) is 56.8 Å². The third-order valence-corrected chi connectivity index (χ3v) is 4.24. The van der Waals surface area contributed by atoms with Crippen molar-refractivity contribution >= 4 is 5.91 Å². The Bertz CT molecular complexity index is 727. The van der Waals surface area contributed by atoms with Crippen LogP contribution in [0.1, 0.15) is 25.5 Å². The van der Waals surface area contributed by atoms with Gasteiger partial charge in [-0.15, -0.1) is 0 Å². The molecule has 1 heterocycles. The number of nitrogens with one attached hydrogen (secondary N) is 1. The molecule has 25 heavy (non-hydrogen) atoms. The Balaban J connectivity index is 1.71. The molecule has 5 nitrogen and oxygen atoms in total. The van der Waals surface area contributed by atoms with Crippen LogP contribution in [0.3, 0.4) is 0 Å². The first kappa shape index (κ1) is 17.1. The quantitative estimate of drug-likeness (QED) is 0.906. The second kappa shape index (κ2) is 7.47. The highest BCUT2D eigenvalue weighted by Crippen LogP contribution is 2.31. The van der Waals surface area contributed by atoms with Crippen LogP contribution < -0.4 is 19.5 Å². The van der Waals surface area contributed by atoms with Crippen LogP contribution in [-0.4, -0.2) is 25.7 Å². The molecule has 3 rings (SSSR count). The van der Waals surface area contributed by atoms with E-state index in [1.54, 1.807) is 13.2 Å². The summed E-state index contributed by atoms with van der Waals surface area (Å²) in [5.41, 5.74) is 1.03. The molecule has 0 bridgehead atoms. The van der Waals surface area contributed by atoms with Gasteiger partial charge in [-0.2, -0.15) is 0 Å². The van der Waals surface area contributed by atoms with Crippen molar-refractivity contribution in [2.24, 2.45) is 5.92 Å². The lowest BCUT2D eigenvalue weighted by molar-refractivity contribution is -0.131. The molecule has 0 fully saturated rings. The summed E-state index contributed by atoms with van der Waals surface area (Å²) >= 11 is 0. The van der Waals surface area contributed by atoms with Gasteiger partial charge in [0.25, 0.3) is 5.91 Å². The molecule has 2 aromatic carbocycles. The molecule has 1 aliphatic heterocycles. The Morgan fingerprint density at radius 2 is 1.80 bits per heavy atom. The Kier molecular flexibility index (Phi) is 5.12. The number of carbonyl (C=O) groups excluding carboxylic acids is 1. The fourth-order valence-corrected chi connectivity index (χ4v) is 2.84. The first-order valence-electron chi connectivity index (χ1n) is 8.41. The lowest BCUT2D eigenvalue weighted by Gasteiger charge is -2.29. The summed E-state index contributed by atoms with van der Waals surface area (Å²) in [4.78, 5) is 12.7. The molecule has 2 aromatic rings. The van der Waals surface area contributed by atoms with E-state index in [-0.39, 0.29) is 24.5 Å². The van der Waals surface area contributed by atoms with Crippen molar-refractivity contribution in [1.82, 2.24) is 5.32 Å². The summed E-state index contributed by atoms with van der Waals surface area (Å²) in [5.74, 6) is 2.11. The maximum absolute atomic E-state index is 12.7. The Labute approximate surface area is 147 Å². The van der Waals surface area contributed by atoms with Gasteiger partial charge in [-0.25, -0.2) is 0 Å². The number of para-hydroxylation sites is 2. The molecule has 5 heteroatoms. The number of methoxy groups -OCH3 is 1. The van der Waals surface area contributed by atoms with Crippen LogP contribution >= 0.6 is 0 Å². The molecule has 0 spiro atoms. The minimum Gasteiger partial charge on any atom is -0.497 e. The smallest absolute Gasteiger partial charge is 0.265 e. The second-order valence-corrected chi connectivity index (χ2v) is 6.37. The fraction of sp³-hybridized carbons (Fsp3) is 0.350. The van der Waals surface area contributed by atoms with E-state index in [0.29, 0.717) is 11.5 Å². The van der Waals surface area contributed by atoms with E-state index in [0.717, 1.165) is 11.3 Å². The normalized spacial score (nSPS) is 17.0. The zero-order valence-electron chi connectivity index (χ0n) is 14.7. The van der Waals surface area contributed by atoms with Crippen LogP contribution in [0.4, 0.5) is 0 Å². The van der Waals surface area contributed by atoms with E-state index >= 15 is 0 Å². The van der Waals surface area contributed by atoms with E-state index in [1.165, 1.54) is 0 Å². The number of fused-ring (bicyclic) bond motifs is 1. The van der Waals surface area contributed by atoms with Crippen molar-refractivity contribution in [2.45, 2.75) is 26.0 Å². The number of hydrogen-bond acceptors (Lipinski definition) is 4. The van der Waals surface area contributed by atoms with Gasteiger partial charge in [-0.3, -0.25) is 4.79 Å². The Morgan fingerprint density at radius 1 is 1.12 bits per heavy atom. The fourth-order valence-electron chi connectivity index (χ4n) is 2.84. The van der Waals surface area contributed by atoms with E-state index in [2.05, 4.69) is 19.2 Å². The van der Waals surface area contributed by atoms with Gasteiger partial charge in [-0.1, -0.05) is 38.1 Å². The number of amides is 1. The molecule has 2 atom stereocenters. The largest absolute Gasteiger partial charge is 0.497 e. The molecule has 0 saturated carbocycles. The molecule has 1 N–H and O–H groups in total. The zero-order chi connectivity index (χ0) is 17.8. The van der Waals surface area contributed by atoms with Gasteiger partial charge in [0.2, 0.25) is 6.10 Å². The number of carbonyl (C=O) groups is 1. The summed E-state index contributed by atoms with van der Waals surface area (Å²) in [6.45, 7) is 4.35. The van der Waals surface area contributed by atoms with Crippen molar-refractivity contribution in [3.8, 4) is 17.2 Å². The molecular formula is C20H23NO4. The molecular weight excluding hydrogens is 318 g/mol. The van der Waals surface area contributed by atoms with Crippen molar-refractivity contribution in [2.75, 3.05) is 13.7 Å². The molecule has 1 amide bonds. The number of rotatable bonds is 5. The maximum atomic E-state index is 12.7. The van der Waals surface area contributed by atoms with E-state index in [9.17, 15) is 4.79 Å². The van der Waals surface area contributed by atoms with Crippen LogP contribution in [0.25, 0.3) is 0 Å². The minimum absolute atomic E-state index is 0.112. The van der Waals surface area contributed by atoms with Crippen molar-refractivity contribution in [3.05, 3.63) is 54.1 Å². The summed E-state index contributed by atoms with van der Waals surface area (Å²) in [6.07, 6.45) is -0.658. The third-order valence-electron chi connectivity index (χ3n) is 4.24. The van der Waals surface area contributed by atoms with E-state index in [4.69, 9.17) is 14.2 Å². The lowest BCUT2D eigenvalue weighted by Crippen LogP contribution is -2.46. The minimum atomic E-state index is -0.658. The Hall–Kier alpha value is -2.69. The standard InChI is InChI=1S/C20H23NO4/c1-13(2)19(14-8-10-15(23-3)11-9-14)21-20(22)18-12-24-16-6-4-5-7-17(16)25-18/h4-11,13,18-19H,12H2,1-3H3,(H,21,22)/t18-,19-/m0/s1. The van der Waals surface area contributed by atoms with E-state index < -0.39 is 6.10 Å². The van der Waals surface area contributed by atoms with Crippen LogP contribution in [0.5, 0.6) is 17.2 Å². The average Bonchev–Trinajstić information content (AvgIpc) is 2.65. The van der Waals surface area contributed by atoms with Crippen LogP contribution in [0, 0.1) is 5.92 Å². The van der Waals surface area contributed by atoms with Gasteiger partial charge in [0.05, 0.1) is 13.2 Å². The summed E-state index contributed by atoms with van der Waals surface area (Å²) in [7, 11) is 1.63.